The molecule has 2 aromatic carbocycles. The highest BCUT2D eigenvalue weighted by molar-refractivity contribution is 6.06. The second-order valence-electron chi connectivity index (χ2n) is 8.07. The van der Waals surface area contributed by atoms with Gasteiger partial charge < -0.3 is 4.57 Å². The minimum absolute atomic E-state index is 0.156. The first-order valence-corrected chi connectivity index (χ1v) is 9.97. The van der Waals surface area contributed by atoms with Crippen LogP contribution in [0, 0.1) is 23.7 Å². The second kappa shape index (κ2) is 6.01. The van der Waals surface area contributed by atoms with Crippen LogP contribution in [-0.4, -0.2) is 27.6 Å². The minimum Gasteiger partial charge on any atom is -0.316 e. The molecule has 3 aromatic rings. The molecule has 2 bridgehead atoms. The Morgan fingerprint density at radius 1 is 0.862 bits per heavy atom. The maximum absolute atomic E-state index is 12.8. The van der Waals surface area contributed by atoms with Gasteiger partial charge in [-0.25, -0.2) is 0 Å². The Bertz CT molecular complexity index is 1190. The average molecular weight is 381 g/mol. The smallest absolute Gasteiger partial charge is 0.254 e. The zero-order chi connectivity index (χ0) is 19.5. The first-order valence-electron chi connectivity index (χ1n) is 9.97. The first-order chi connectivity index (χ1) is 14.2. The molecule has 2 heterocycles. The summed E-state index contributed by atoms with van der Waals surface area (Å²) in [6.07, 6.45) is 8.68. The number of benzene rings is 2. The lowest BCUT2D eigenvalue weighted by molar-refractivity contribution is -0.140. The van der Waals surface area contributed by atoms with E-state index in [9.17, 15) is 9.59 Å². The van der Waals surface area contributed by atoms with Crippen molar-refractivity contribution in [1.29, 1.82) is 0 Å². The standard InChI is InChI=1S/C24H19N3O2/c28-23-21-17-7-8-18(12-17)22(21)24(29)27(23)25-14-20-6-3-11-26(20)19-10-9-15-4-1-2-5-16(15)13-19/h1-11,13-14,17-18,21-22H,12H2. The van der Waals surface area contributed by atoms with E-state index < -0.39 is 0 Å². The lowest BCUT2D eigenvalue weighted by Gasteiger charge is -2.13. The number of imide groups is 1. The van der Waals surface area contributed by atoms with Gasteiger partial charge in [0, 0.05) is 11.9 Å². The number of nitrogens with zero attached hydrogens (tertiary/aromatic N) is 3. The predicted octanol–water partition coefficient (Wildman–Crippen LogP) is 3.77. The van der Waals surface area contributed by atoms with Gasteiger partial charge in [-0.05, 0) is 53.3 Å². The molecule has 1 saturated carbocycles. The number of hydrazone groups is 1. The Kier molecular flexibility index (Phi) is 3.42. The van der Waals surface area contributed by atoms with Crippen LogP contribution in [0.4, 0.5) is 0 Å². The molecule has 0 N–H and O–H groups in total. The maximum Gasteiger partial charge on any atom is 0.254 e. The van der Waals surface area contributed by atoms with Crippen LogP contribution >= 0.6 is 0 Å². The molecule has 3 aliphatic rings. The van der Waals surface area contributed by atoms with E-state index in [1.54, 1.807) is 6.21 Å². The zero-order valence-corrected chi connectivity index (χ0v) is 15.7. The maximum atomic E-state index is 12.8. The van der Waals surface area contributed by atoms with Crippen molar-refractivity contribution in [2.45, 2.75) is 6.42 Å². The second-order valence-corrected chi connectivity index (χ2v) is 8.07. The molecular weight excluding hydrogens is 362 g/mol. The van der Waals surface area contributed by atoms with E-state index in [1.165, 1.54) is 5.39 Å². The molecule has 29 heavy (non-hydrogen) atoms. The van der Waals surface area contributed by atoms with Gasteiger partial charge in [0.1, 0.15) is 0 Å². The number of amides is 2. The van der Waals surface area contributed by atoms with Gasteiger partial charge >= 0.3 is 0 Å². The largest absolute Gasteiger partial charge is 0.316 e. The fraction of sp³-hybridized carbons (Fsp3) is 0.208. The van der Waals surface area contributed by atoms with Crippen molar-refractivity contribution >= 4 is 28.8 Å². The summed E-state index contributed by atoms with van der Waals surface area (Å²) in [7, 11) is 0. The number of fused-ring (bicyclic) bond motifs is 6. The Hall–Kier alpha value is -3.47. The number of carbonyl (C=O) groups is 2. The number of carbonyl (C=O) groups excluding carboxylic acids is 2. The summed E-state index contributed by atoms with van der Waals surface area (Å²) in [6, 6.07) is 18.3. The molecule has 0 spiro atoms. The summed E-state index contributed by atoms with van der Waals surface area (Å²) in [4.78, 5) is 25.6. The topological polar surface area (TPSA) is 54.7 Å². The summed E-state index contributed by atoms with van der Waals surface area (Å²) >= 11 is 0. The molecule has 4 unspecified atom stereocenters. The van der Waals surface area contributed by atoms with Crippen molar-refractivity contribution in [3.05, 3.63) is 78.6 Å². The Morgan fingerprint density at radius 2 is 1.59 bits per heavy atom. The average Bonchev–Trinajstić information content (AvgIpc) is 3.51. The number of allylic oxidation sites excluding steroid dienone is 2. The summed E-state index contributed by atoms with van der Waals surface area (Å²) in [5, 5.41) is 7.75. The third-order valence-electron chi connectivity index (χ3n) is 6.54. The van der Waals surface area contributed by atoms with Gasteiger partial charge in [0.2, 0.25) is 0 Å². The zero-order valence-electron chi connectivity index (χ0n) is 15.7. The molecular formula is C24H19N3O2. The van der Waals surface area contributed by atoms with Crippen molar-refractivity contribution < 1.29 is 9.59 Å². The molecule has 5 heteroatoms. The minimum atomic E-state index is -0.220. The highest BCUT2D eigenvalue weighted by atomic mass is 16.2. The lowest BCUT2D eigenvalue weighted by Crippen LogP contribution is -2.28. The fourth-order valence-corrected chi connectivity index (χ4v) is 5.18. The molecule has 0 radical (unpaired) electrons. The van der Waals surface area contributed by atoms with Crippen LogP contribution in [0.5, 0.6) is 0 Å². The van der Waals surface area contributed by atoms with E-state index >= 15 is 0 Å². The molecule has 1 saturated heterocycles. The van der Waals surface area contributed by atoms with Gasteiger partial charge in [-0.2, -0.15) is 10.1 Å². The molecule has 1 aromatic heterocycles. The van der Waals surface area contributed by atoms with E-state index in [1.807, 2.05) is 35.0 Å². The third kappa shape index (κ3) is 2.37. The molecule has 2 fully saturated rings. The molecule has 142 valence electrons. The summed E-state index contributed by atoms with van der Waals surface area (Å²) in [5.41, 5.74) is 1.83. The van der Waals surface area contributed by atoms with Gasteiger partial charge in [-0.15, -0.1) is 0 Å². The van der Waals surface area contributed by atoms with Gasteiger partial charge in [0.05, 0.1) is 23.7 Å². The predicted molar refractivity (Wildman–Crippen MR) is 110 cm³/mol. The van der Waals surface area contributed by atoms with Gasteiger partial charge in [0.15, 0.2) is 0 Å². The van der Waals surface area contributed by atoms with Crippen LogP contribution in [0.25, 0.3) is 16.5 Å². The van der Waals surface area contributed by atoms with E-state index in [0.29, 0.717) is 0 Å². The van der Waals surface area contributed by atoms with Crippen molar-refractivity contribution in [3.8, 4) is 5.69 Å². The molecule has 4 atom stereocenters. The van der Waals surface area contributed by atoms with Crippen molar-refractivity contribution in [3.63, 3.8) is 0 Å². The number of aromatic nitrogens is 1. The molecule has 6 rings (SSSR count). The summed E-state index contributed by atoms with van der Waals surface area (Å²) in [5.74, 6) is -0.358. The van der Waals surface area contributed by atoms with Gasteiger partial charge in [0.25, 0.3) is 11.8 Å². The number of hydrogen-bond acceptors (Lipinski definition) is 3. The molecule has 2 amide bonds. The molecule has 5 nitrogen and oxygen atoms in total. The normalized spacial score (nSPS) is 27.7. The highest BCUT2D eigenvalue weighted by Crippen LogP contribution is 2.52. The van der Waals surface area contributed by atoms with Crippen LogP contribution < -0.4 is 0 Å². The third-order valence-corrected chi connectivity index (χ3v) is 6.54. The van der Waals surface area contributed by atoms with Crippen LogP contribution in [0.3, 0.4) is 0 Å². The van der Waals surface area contributed by atoms with E-state index in [0.717, 1.165) is 28.2 Å². The van der Waals surface area contributed by atoms with Crippen LogP contribution in [0.1, 0.15) is 12.1 Å². The van der Waals surface area contributed by atoms with E-state index in [2.05, 4.69) is 47.6 Å². The van der Waals surface area contributed by atoms with Crippen LogP contribution in [0.15, 0.2) is 78.0 Å². The highest BCUT2D eigenvalue weighted by Gasteiger charge is 2.59. The van der Waals surface area contributed by atoms with Crippen LogP contribution in [-0.2, 0) is 9.59 Å². The number of hydrogen-bond donors (Lipinski definition) is 0. The van der Waals surface area contributed by atoms with Crippen molar-refractivity contribution in [2.75, 3.05) is 0 Å². The lowest BCUT2D eigenvalue weighted by atomic mass is 9.85. The van der Waals surface area contributed by atoms with E-state index in [4.69, 9.17) is 0 Å². The van der Waals surface area contributed by atoms with Crippen molar-refractivity contribution in [2.24, 2.45) is 28.8 Å². The van der Waals surface area contributed by atoms with Crippen LogP contribution in [0.2, 0.25) is 0 Å². The van der Waals surface area contributed by atoms with Gasteiger partial charge in [-0.1, -0.05) is 42.5 Å². The fourth-order valence-electron chi connectivity index (χ4n) is 5.18. The number of rotatable bonds is 3. The summed E-state index contributed by atoms with van der Waals surface area (Å²) < 4.78 is 2.01. The molecule has 1 aliphatic heterocycles. The Labute approximate surface area is 167 Å². The Balaban J connectivity index is 1.31. The quantitative estimate of drug-likeness (QED) is 0.394. The van der Waals surface area contributed by atoms with E-state index in [-0.39, 0.29) is 35.5 Å². The SMILES string of the molecule is O=C1C2C3C=CC(C3)C2C(=O)N1N=Cc1cccn1-c1ccc2ccccc2c1. The Morgan fingerprint density at radius 3 is 2.34 bits per heavy atom. The summed E-state index contributed by atoms with van der Waals surface area (Å²) in [6.45, 7) is 0. The van der Waals surface area contributed by atoms with Crippen molar-refractivity contribution in [1.82, 2.24) is 9.58 Å². The first kappa shape index (κ1) is 16.5. The van der Waals surface area contributed by atoms with Gasteiger partial charge in [-0.3, -0.25) is 9.59 Å². The monoisotopic (exact) mass is 381 g/mol. The molecule has 2 aliphatic carbocycles.